The molecule has 5 heteroatoms. The molecule has 1 saturated carbocycles. The predicted octanol–water partition coefficient (Wildman–Crippen LogP) is 3.30. The summed E-state index contributed by atoms with van der Waals surface area (Å²) in [6.45, 7) is 2.05. The van der Waals surface area contributed by atoms with Crippen molar-refractivity contribution in [3.63, 3.8) is 0 Å². The van der Waals surface area contributed by atoms with E-state index in [1.54, 1.807) is 26.0 Å². The molecule has 0 heterocycles. The Morgan fingerprint density at radius 2 is 1.86 bits per heavy atom. The SMILES string of the molecule is COc1cc(C)c(CSCC(=O)NC2CCCC2)cc1OC. The van der Waals surface area contributed by atoms with Crippen molar-refractivity contribution in [3.05, 3.63) is 23.3 Å². The molecule has 1 aliphatic carbocycles. The molecule has 0 atom stereocenters. The Morgan fingerprint density at radius 1 is 1.23 bits per heavy atom. The fourth-order valence-corrected chi connectivity index (χ4v) is 3.67. The zero-order chi connectivity index (χ0) is 15.9. The van der Waals surface area contributed by atoms with Crippen molar-refractivity contribution in [1.29, 1.82) is 0 Å². The Morgan fingerprint density at radius 3 is 2.50 bits per heavy atom. The zero-order valence-electron chi connectivity index (χ0n) is 13.6. The third-order valence-corrected chi connectivity index (χ3v) is 5.03. The van der Waals surface area contributed by atoms with Crippen LogP contribution >= 0.6 is 11.8 Å². The molecule has 0 unspecified atom stereocenters. The van der Waals surface area contributed by atoms with E-state index in [1.807, 2.05) is 12.1 Å². The molecule has 4 nitrogen and oxygen atoms in total. The Kier molecular flexibility index (Phi) is 6.43. The number of hydrogen-bond acceptors (Lipinski definition) is 4. The third-order valence-electron chi connectivity index (χ3n) is 4.05. The highest BCUT2D eigenvalue weighted by Crippen LogP contribution is 2.31. The molecule has 0 saturated heterocycles. The number of carbonyl (C=O) groups is 1. The normalized spacial score (nSPS) is 14.9. The Hall–Kier alpha value is -1.36. The van der Waals surface area contributed by atoms with Gasteiger partial charge in [-0.3, -0.25) is 4.79 Å². The van der Waals surface area contributed by atoms with Gasteiger partial charge in [0.25, 0.3) is 0 Å². The minimum absolute atomic E-state index is 0.148. The molecule has 1 aromatic rings. The van der Waals surface area contributed by atoms with Crippen molar-refractivity contribution < 1.29 is 14.3 Å². The minimum atomic E-state index is 0.148. The highest BCUT2D eigenvalue weighted by atomic mass is 32.2. The maximum Gasteiger partial charge on any atom is 0.230 e. The van der Waals surface area contributed by atoms with Gasteiger partial charge in [-0.05, 0) is 43.0 Å². The molecule has 1 N–H and O–H groups in total. The van der Waals surface area contributed by atoms with Crippen molar-refractivity contribution in [2.75, 3.05) is 20.0 Å². The van der Waals surface area contributed by atoms with Crippen LogP contribution < -0.4 is 14.8 Å². The van der Waals surface area contributed by atoms with Crippen LogP contribution in [0, 0.1) is 6.92 Å². The van der Waals surface area contributed by atoms with Gasteiger partial charge < -0.3 is 14.8 Å². The van der Waals surface area contributed by atoms with Crippen LogP contribution in [-0.4, -0.2) is 31.9 Å². The van der Waals surface area contributed by atoms with Crippen LogP contribution in [-0.2, 0) is 10.5 Å². The average molecular weight is 323 g/mol. The van der Waals surface area contributed by atoms with Crippen LogP contribution in [0.5, 0.6) is 11.5 Å². The lowest BCUT2D eigenvalue weighted by Crippen LogP contribution is -2.33. The molecule has 0 aromatic heterocycles. The molecule has 0 bridgehead atoms. The van der Waals surface area contributed by atoms with Gasteiger partial charge in [0.05, 0.1) is 20.0 Å². The molecule has 22 heavy (non-hydrogen) atoms. The fraction of sp³-hybridized carbons (Fsp3) is 0.588. The maximum atomic E-state index is 11.9. The van der Waals surface area contributed by atoms with Crippen molar-refractivity contribution in [3.8, 4) is 11.5 Å². The molecule has 1 amide bonds. The van der Waals surface area contributed by atoms with Crippen molar-refractivity contribution in [2.24, 2.45) is 0 Å². The summed E-state index contributed by atoms with van der Waals surface area (Å²) in [5, 5.41) is 3.12. The first-order valence-corrected chi connectivity index (χ1v) is 8.88. The second-order valence-corrected chi connectivity index (χ2v) is 6.66. The molecule has 1 aliphatic rings. The average Bonchev–Trinajstić information content (AvgIpc) is 3.01. The second kappa shape index (κ2) is 8.32. The van der Waals surface area contributed by atoms with Gasteiger partial charge >= 0.3 is 0 Å². The number of amides is 1. The minimum Gasteiger partial charge on any atom is -0.493 e. The lowest BCUT2D eigenvalue weighted by Gasteiger charge is -2.13. The number of methoxy groups -OCH3 is 2. The molecule has 0 radical (unpaired) electrons. The number of rotatable bonds is 7. The fourth-order valence-electron chi connectivity index (χ4n) is 2.77. The number of hydrogen-bond donors (Lipinski definition) is 1. The van der Waals surface area contributed by atoms with E-state index in [9.17, 15) is 4.79 Å². The predicted molar refractivity (Wildman–Crippen MR) is 90.8 cm³/mol. The number of ether oxygens (including phenoxy) is 2. The molecular formula is C17H25NO3S. The summed E-state index contributed by atoms with van der Waals surface area (Å²) in [5.41, 5.74) is 2.33. The molecule has 1 fully saturated rings. The Labute approximate surface area is 137 Å². The molecular weight excluding hydrogens is 298 g/mol. The van der Waals surface area contributed by atoms with Crippen molar-refractivity contribution in [1.82, 2.24) is 5.32 Å². The lowest BCUT2D eigenvalue weighted by atomic mass is 10.1. The molecule has 0 aliphatic heterocycles. The molecule has 122 valence electrons. The quantitative estimate of drug-likeness (QED) is 0.836. The van der Waals surface area contributed by atoms with Crippen LogP contribution in [0.25, 0.3) is 0 Å². The highest BCUT2D eigenvalue weighted by molar-refractivity contribution is 7.99. The summed E-state index contributed by atoms with van der Waals surface area (Å²) >= 11 is 1.64. The van der Waals surface area contributed by atoms with Gasteiger partial charge in [0, 0.05) is 11.8 Å². The molecule has 1 aromatic carbocycles. The summed E-state index contributed by atoms with van der Waals surface area (Å²) in [4.78, 5) is 11.9. The summed E-state index contributed by atoms with van der Waals surface area (Å²) in [7, 11) is 3.28. The largest absolute Gasteiger partial charge is 0.493 e. The lowest BCUT2D eigenvalue weighted by molar-refractivity contribution is -0.119. The van der Waals surface area contributed by atoms with Gasteiger partial charge in [-0.25, -0.2) is 0 Å². The standard InChI is InChI=1S/C17H25NO3S/c1-12-8-15(20-2)16(21-3)9-13(12)10-22-11-17(19)18-14-6-4-5-7-14/h8-9,14H,4-7,10-11H2,1-3H3,(H,18,19). The van der Waals surface area contributed by atoms with E-state index in [2.05, 4.69) is 12.2 Å². The number of thioether (sulfide) groups is 1. The first-order valence-electron chi connectivity index (χ1n) is 7.72. The van der Waals surface area contributed by atoms with Crippen LogP contribution in [0.1, 0.15) is 36.8 Å². The van der Waals surface area contributed by atoms with Crippen LogP contribution in [0.2, 0.25) is 0 Å². The van der Waals surface area contributed by atoms with E-state index in [4.69, 9.17) is 9.47 Å². The molecule has 0 spiro atoms. The van der Waals surface area contributed by atoms with Gasteiger partial charge in [0.1, 0.15) is 0 Å². The van der Waals surface area contributed by atoms with Gasteiger partial charge in [0.2, 0.25) is 5.91 Å². The molecule has 2 rings (SSSR count). The zero-order valence-corrected chi connectivity index (χ0v) is 14.4. The number of aryl methyl sites for hydroxylation is 1. The van der Waals surface area contributed by atoms with Crippen LogP contribution in [0.3, 0.4) is 0 Å². The monoisotopic (exact) mass is 323 g/mol. The second-order valence-electron chi connectivity index (χ2n) is 5.68. The van der Waals surface area contributed by atoms with E-state index >= 15 is 0 Å². The smallest absolute Gasteiger partial charge is 0.230 e. The third kappa shape index (κ3) is 4.57. The van der Waals surface area contributed by atoms with Gasteiger partial charge in [-0.15, -0.1) is 11.8 Å². The highest BCUT2D eigenvalue weighted by Gasteiger charge is 2.17. The number of benzene rings is 1. The summed E-state index contributed by atoms with van der Waals surface area (Å²) in [6.07, 6.45) is 4.74. The van der Waals surface area contributed by atoms with Gasteiger partial charge in [-0.2, -0.15) is 0 Å². The van der Waals surface area contributed by atoms with Crippen LogP contribution in [0.15, 0.2) is 12.1 Å². The topological polar surface area (TPSA) is 47.6 Å². The summed E-state index contributed by atoms with van der Waals surface area (Å²) < 4.78 is 10.6. The Bertz CT molecular complexity index is 513. The van der Waals surface area contributed by atoms with E-state index in [-0.39, 0.29) is 5.91 Å². The van der Waals surface area contributed by atoms with E-state index in [0.29, 0.717) is 11.8 Å². The number of carbonyl (C=O) groups excluding carboxylic acids is 1. The van der Waals surface area contributed by atoms with E-state index in [1.165, 1.54) is 18.4 Å². The maximum absolute atomic E-state index is 11.9. The summed E-state index contributed by atoms with van der Waals surface area (Å²) in [5.74, 6) is 2.93. The van der Waals surface area contributed by atoms with Gasteiger partial charge in [-0.1, -0.05) is 12.8 Å². The van der Waals surface area contributed by atoms with Crippen molar-refractivity contribution in [2.45, 2.75) is 44.4 Å². The number of nitrogens with one attached hydrogen (secondary N) is 1. The van der Waals surface area contributed by atoms with Gasteiger partial charge in [0.15, 0.2) is 11.5 Å². The first kappa shape index (κ1) is 17.0. The van der Waals surface area contributed by atoms with E-state index in [0.717, 1.165) is 35.7 Å². The Balaban J connectivity index is 1.84. The van der Waals surface area contributed by atoms with E-state index < -0.39 is 0 Å². The summed E-state index contributed by atoms with van der Waals surface area (Å²) in [6, 6.07) is 4.37. The van der Waals surface area contributed by atoms with Crippen LogP contribution in [0.4, 0.5) is 0 Å². The van der Waals surface area contributed by atoms with Crippen molar-refractivity contribution >= 4 is 17.7 Å². The first-order chi connectivity index (χ1) is 10.6.